The van der Waals surface area contributed by atoms with E-state index in [9.17, 15) is 0 Å². The van der Waals surface area contributed by atoms with Crippen LogP contribution in [0, 0.1) is 0 Å². The molecule has 0 radical (unpaired) electrons. The van der Waals surface area contributed by atoms with Crippen LogP contribution in [0.1, 0.15) is 12.5 Å². The summed E-state index contributed by atoms with van der Waals surface area (Å²) in [5.41, 5.74) is 12.6. The predicted molar refractivity (Wildman–Crippen MR) is 63.9 cm³/mol. The summed E-state index contributed by atoms with van der Waals surface area (Å²) in [6.45, 7) is 2.62. The maximum Gasteiger partial charge on any atom is 0.125 e. The van der Waals surface area contributed by atoms with Gasteiger partial charge in [-0.1, -0.05) is 0 Å². The van der Waals surface area contributed by atoms with Gasteiger partial charge in [0.05, 0.1) is 12.3 Å². The minimum atomic E-state index is -0.259. The Kier molecular flexibility index (Phi) is 4.75. The van der Waals surface area contributed by atoms with E-state index in [1.807, 2.05) is 6.92 Å². The molecule has 0 heterocycles. The van der Waals surface area contributed by atoms with Crippen molar-refractivity contribution in [3.63, 3.8) is 0 Å². The van der Waals surface area contributed by atoms with Gasteiger partial charge in [0.25, 0.3) is 0 Å². The van der Waals surface area contributed by atoms with E-state index in [1.165, 1.54) is 0 Å². The van der Waals surface area contributed by atoms with E-state index < -0.39 is 0 Å². The first-order chi connectivity index (χ1) is 7.71. The van der Waals surface area contributed by atoms with Crippen molar-refractivity contribution < 1.29 is 9.84 Å². The standard InChI is InChI=1S/C11H17N3O2/c1-2-16-10-4-3-9(5-8(10)6-12)14-11(13)7-15/h3-5,15H,2,6-7,12H2,1H3,(H2,13,14). The Bertz CT molecular complexity index is 377. The number of nitrogens with zero attached hydrogens (tertiary/aromatic N) is 1. The van der Waals surface area contributed by atoms with Crippen LogP contribution in [0.25, 0.3) is 0 Å². The zero-order valence-electron chi connectivity index (χ0n) is 9.31. The van der Waals surface area contributed by atoms with Gasteiger partial charge < -0.3 is 21.3 Å². The molecular formula is C11H17N3O2. The summed E-state index contributed by atoms with van der Waals surface area (Å²) in [6, 6.07) is 5.37. The van der Waals surface area contributed by atoms with Gasteiger partial charge in [0, 0.05) is 12.1 Å². The number of ether oxygens (including phenoxy) is 1. The molecule has 1 aromatic carbocycles. The van der Waals surface area contributed by atoms with Gasteiger partial charge in [-0.2, -0.15) is 0 Å². The highest BCUT2D eigenvalue weighted by molar-refractivity contribution is 5.84. The van der Waals surface area contributed by atoms with Gasteiger partial charge in [-0.15, -0.1) is 0 Å². The molecular weight excluding hydrogens is 206 g/mol. The van der Waals surface area contributed by atoms with Gasteiger partial charge in [0.15, 0.2) is 0 Å². The maximum atomic E-state index is 8.76. The Morgan fingerprint density at radius 2 is 2.25 bits per heavy atom. The van der Waals surface area contributed by atoms with Crippen molar-refractivity contribution in [1.82, 2.24) is 0 Å². The molecule has 5 heteroatoms. The molecule has 0 fully saturated rings. The molecule has 1 rings (SSSR count). The number of rotatable bonds is 5. The van der Waals surface area contributed by atoms with E-state index in [0.29, 0.717) is 18.8 Å². The predicted octanol–water partition coefficient (Wildman–Crippen LogP) is 0.525. The first-order valence-electron chi connectivity index (χ1n) is 5.11. The third-order valence-corrected chi connectivity index (χ3v) is 2.00. The van der Waals surface area contributed by atoms with Gasteiger partial charge >= 0.3 is 0 Å². The molecule has 0 aromatic heterocycles. The Hall–Kier alpha value is -1.59. The Labute approximate surface area is 94.7 Å². The largest absolute Gasteiger partial charge is 0.494 e. The van der Waals surface area contributed by atoms with Crippen LogP contribution in [-0.2, 0) is 6.54 Å². The van der Waals surface area contributed by atoms with E-state index >= 15 is 0 Å². The molecule has 0 aliphatic carbocycles. The summed E-state index contributed by atoms with van der Waals surface area (Å²) in [5, 5.41) is 8.76. The SMILES string of the molecule is CCOc1ccc(N=C(N)CO)cc1CN. The van der Waals surface area contributed by atoms with Crippen molar-refractivity contribution in [2.24, 2.45) is 16.5 Å². The Balaban J connectivity index is 2.99. The third-order valence-electron chi connectivity index (χ3n) is 2.00. The number of aliphatic hydroxyl groups is 1. The lowest BCUT2D eigenvalue weighted by Gasteiger charge is -2.09. The molecule has 16 heavy (non-hydrogen) atoms. The van der Waals surface area contributed by atoms with Crippen LogP contribution in [0.15, 0.2) is 23.2 Å². The lowest BCUT2D eigenvalue weighted by molar-refractivity contribution is 0.336. The number of aliphatic imine (C=N–C) groups is 1. The van der Waals surface area contributed by atoms with Crippen LogP contribution in [0.2, 0.25) is 0 Å². The molecule has 0 spiro atoms. The number of hydrogen-bond donors (Lipinski definition) is 3. The first-order valence-corrected chi connectivity index (χ1v) is 5.11. The number of aliphatic hydroxyl groups excluding tert-OH is 1. The monoisotopic (exact) mass is 223 g/mol. The lowest BCUT2D eigenvalue weighted by atomic mass is 10.2. The van der Waals surface area contributed by atoms with Crippen molar-refractivity contribution in [2.45, 2.75) is 13.5 Å². The van der Waals surface area contributed by atoms with Gasteiger partial charge in [-0.25, -0.2) is 4.99 Å². The fourth-order valence-corrected chi connectivity index (χ4v) is 1.29. The van der Waals surface area contributed by atoms with Crippen LogP contribution in [-0.4, -0.2) is 24.2 Å². The molecule has 88 valence electrons. The van der Waals surface area contributed by atoms with Crippen LogP contribution in [0.3, 0.4) is 0 Å². The number of nitrogens with two attached hydrogens (primary N) is 2. The van der Waals surface area contributed by atoms with E-state index in [0.717, 1.165) is 11.3 Å². The van der Waals surface area contributed by atoms with E-state index in [2.05, 4.69) is 4.99 Å². The third kappa shape index (κ3) is 3.22. The second-order valence-corrected chi connectivity index (χ2v) is 3.19. The molecule has 0 aliphatic heterocycles. The number of amidine groups is 1. The second kappa shape index (κ2) is 6.09. The topological polar surface area (TPSA) is 93.9 Å². The normalized spacial score (nSPS) is 11.6. The fourth-order valence-electron chi connectivity index (χ4n) is 1.29. The summed E-state index contributed by atoms with van der Waals surface area (Å²) in [5.74, 6) is 0.929. The Morgan fingerprint density at radius 3 is 2.81 bits per heavy atom. The van der Waals surface area contributed by atoms with Crippen LogP contribution >= 0.6 is 0 Å². The average molecular weight is 223 g/mol. The van der Waals surface area contributed by atoms with Gasteiger partial charge in [0.1, 0.15) is 18.2 Å². The number of benzene rings is 1. The smallest absolute Gasteiger partial charge is 0.125 e. The van der Waals surface area contributed by atoms with Crippen molar-refractivity contribution in [3.8, 4) is 5.75 Å². The molecule has 0 bridgehead atoms. The zero-order valence-corrected chi connectivity index (χ0v) is 9.31. The molecule has 0 amide bonds. The van der Waals surface area contributed by atoms with E-state index in [4.69, 9.17) is 21.3 Å². The zero-order chi connectivity index (χ0) is 12.0. The molecule has 0 atom stereocenters. The van der Waals surface area contributed by atoms with Crippen LogP contribution < -0.4 is 16.2 Å². The molecule has 1 aromatic rings. The summed E-state index contributed by atoms with van der Waals surface area (Å²) < 4.78 is 5.41. The highest BCUT2D eigenvalue weighted by Crippen LogP contribution is 2.24. The summed E-state index contributed by atoms with van der Waals surface area (Å²) in [7, 11) is 0. The van der Waals surface area contributed by atoms with Crippen LogP contribution in [0.5, 0.6) is 5.75 Å². The van der Waals surface area contributed by atoms with Gasteiger partial charge in [-0.05, 0) is 25.1 Å². The minimum Gasteiger partial charge on any atom is -0.494 e. The molecule has 0 aliphatic rings. The molecule has 0 saturated heterocycles. The van der Waals surface area contributed by atoms with Gasteiger partial charge in [0.2, 0.25) is 0 Å². The Morgan fingerprint density at radius 1 is 1.50 bits per heavy atom. The second-order valence-electron chi connectivity index (χ2n) is 3.19. The summed E-state index contributed by atoms with van der Waals surface area (Å²) in [4.78, 5) is 4.02. The molecule has 5 nitrogen and oxygen atoms in total. The fraction of sp³-hybridized carbons (Fsp3) is 0.364. The number of hydrogen-bond acceptors (Lipinski definition) is 4. The van der Waals surface area contributed by atoms with Crippen LogP contribution in [0.4, 0.5) is 5.69 Å². The van der Waals surface area contributed by atoms with Crippen molar-refractivity contribution in [1.29, 1.82) is 0 Å². The highest BCUT2D eigenvalue weighted by Gasteiger charge is 2.03. The van der Waals surface area contributed by atoms with Gasteiger partial charge in [-0.3, -0.25) is 0 Å². The maximum absolute atomic E-state index is 8.76. The van der Waals surface area contributed by atoms with Crippen molar-refractivity contribution >= 4 is 11.5 Å². The summed E-state index contributed by atoms with van der Waals surface area (Å²) >= 11 is 0. The summed E-state index contributed by atoms with van der Waals surface area (Å²) in [6.07, 6.45) is 0. The first kappa shape index (κ1) is 12.5. The van der Waals surface area contributed by atoms with Crippen molar-refractivity contribution in [2.75, 3.05) is 13.2 Å². The molecule has 0 unspecified atom stereocenters. The lowest BCUT2D eigenvalue weighted by Crippen LogP contribution is -2.15. The quantitative estimate of drug-likeness (QED) is 0.501. The van der Waals surface area contributed by atoms with Crippen molar-refractivity contribution in [3.05, 3.63) is 23.8 Å². The molecule has 5 N–H and O–H groups in total. The minimum absolute atomic E-state index is 0.173. The highest BCUT2D eigenvalue weighted by atomic mass is 16.5. The average Bonchev–Trinajstić information content (AvgIpc) is 2.31. The van der Waals surface area contributed by atoms with E-state index in [-0.39, 0.29) is 12.4 Å². The van der Waals surface area contributed by atoms with E-state index in [1.54, 1.807) is 18.2 Å². The molecule has 0 saturated carbocycles.